The molecule has 1 fully saturated rings. The monoisotopic (exact) mass is 306 g/mol. The van der Waals surface area contributed by atoms with Crippen molar-refractivity contribution in [2.24, 2.45) is 16.4 Å². The lowest BCUT2D eigenvalue weighted by Gasteiger charge is -2.14. The molecule has 1 saturated carbocycles. The third-order valence-corrected chi connectivity index (χ3v) is 3.80. The molecule has 2 rings (SSSR count). The second-order valence-corrected chi connectivity index (χ2v) is 6.38. The molecule has 1 aliphatic carbocycles. The van der Waals surface area contributed by atoms with Crippen molar-refractivity contribution in [3.8, 4) is 0 Å². The van der Waals surface area contributed by atoms with Crippen LogP contribution in [0.1, 0.15) is 33.6 Å². The van der Waals surface area contributed by atoms with Crippen LogP contribution in [0.4, 0.5) is 17.1 Å². The third kappa shape index (κ3) is 3.38. The molecule has 1 unspecified atom stereocenters. The van der Waals surface area contributed by atoms with Crippen molar-refractivity contribution in [1.82, 2.24) is 0 Å². The van der Waals surface area contributed by atoms with Gasteiger partial charge < -0.3 is 0 Å². The van der Waals surface area contributed by atoms with Crippen molar-refractivity contribution in [2.75, 3.05) is 5.43 Å². The molecule has 0 aromatic heterocycles. The molecule has 22 heavy (non-hydrogen) atoms. The number of rotatable bonds is 4. The van der Waals surface area contributed by atoms with E-state index in [1.165, 1.54) is 12.1 Å². The van der Waals surface area contributed by atoms with Crippen LogP contribution in [0.25, 0.3) is 0 Å². The quantitative estimate of drug-likeness (QED) is 0.673. The summed E-state index contributed by atoms with van der Waals surface area (Å²) in [5.41, 5.74) is 3.29. The normalized spacial score (nSPS) is 21.8. The number of anilines is 1. The van der Waals surface area contributed by atoms with E-state index < -0.39 is 9.85 Å². The molecule has 1 N–H and O–H groups in total. The molecule has 1 aromatic rings. The van der Waals surface area contributed by atoms with Crippen LogP contribution in [0.5, 0.6) is 0 Å². The standard InChI is InChI=1S/C14H18N4O4/c1-9-7-14(2,3)8-12(9)16-15-11-5-4-10(17(19)20)6-13(11)18(21)22/h4-6,9,15H,7-8H2,1-3H3/b16-12-. The molecule has 118 valence electrons. The SMILES string of the molecule is CC1CC(C)(C)C/C1=N/Nc1ccc([N+](=O)[O-])cc1[N+](=O)[O-]. The average molecular weight is 306 g/mol. The Kier molecular flexibility index (Phi) is 4.11. The Labute approximate surface area is 127 Å². The van der Waals surface area contributed by atoms with Crippen LogP contribution < -0.4 is 5.43 Å². The van der Waals surface area contributed by atoms with Crippen molar-refractivity contribution in [2.45, 2.75) is 33.6 Å². The molecule has 0 aliphatic heterocycles. The molecule has 8 heteroatoms. The first kappa shape index (κ1) is 15.9. The lowest BCUT2D eigenvalue weighted by atomic mass is 9.91. The van der Waals surface area contributed by atoms with Crippen molar-refractivity contribution < 1.29 is 9.85 Å². The van der Waals surface area contributed by atoms with Crippen LogP contribution in [0, 0.1) is 31.6 Å². The fourth-order valence-corrected chi connectivity index (χ4v) is 2.84. The molecule has 1 aromatic carbocycles. The predicted molar refractivity (Wildman–Crippen MR) is 83.0 cm³/mol. The van der Waals surface area contributed by atoms with Crippen LogP contribution in [-0.2, 0) is 0 Å². The zero-order valence-corrected chi connectivity index (χ0v) is 12.7. The Hall–Kier alpha value is -2.51. The largest absolute Gasteiger partial charge is 0.301 e. The molecule has 0 amide bonds. The smallest absolute Gasteiger partial charge is 0.272 e. The van der Waals surface area contributed by atoms with Crippen LogP contribution >= 0.6 is 0 Å². The number of nitro benzene ring substituents is 2. The highest BCUT2D eigenvalue weighted by atomic mass is 16.6. The van der Waals surface area contributed by atoms with Gasteiger partial charge in [-0.2, -0.15) is 5.10 Å². The predicted octanol–water partition coefficient (Wildman–Crippen LogP) is 3.73. The second kappa shape index (κ2) is 5.70. The summed E-state index contributed by atoms with van der Waals surface area (Å²) in [4.78, 5) is 20.4. The number of hydrogen-bond donors (Lipinski definition) is 1. The number of non-ortho nitro benzene ring substituents is 1. The highest BCUT2D eigenvalue weighted by Gasteiger charge is 2.33. The topological polar surface area (TPSA) is 111 Å². The minimum absolute atomic E-state index is 0.153. The maximum absolute atomic E-state index is 11.1. The number of hydrogen-bond acceptors (Lipinski definition) is 6. The van der Waals surface area contributed by atoms with Gasteiger partial charge in [0, 0.05) is 11.8 Å². The van der Waals surface area contributed by atoms with E-state index in [2.05, 4.69) is 31.3 Å². The van der Waals surface area contributed by atoms with Gasteiger partial charge in [0.1, 0.15) is 5.69 Å². The zero-order valence-electron chi connectivity index (χ0n) is 12.7. The molecule has 1 aliphatic rings. The van der Waals surface area contributed by atoms with E-state index in [0.29, 0.717) is 5.92 Å². The lowest BCUT2D eigenvalue weighted by Crippen LogP contribution is -2.07. The van der Waals surface area contributed by atoms with Gasteiger partial charge in [-0.25, -0.2) is 0 Å². The fraction of sp³-hybridized carbons (Fsp3) is 0.500. The molecular formula is C14H18N4O4. The molecule has 0 saturated heterocycles. The summed E-state index contributed by atoms with van der Waals surface area (Å²) in [7, 11) is 0. The molecule has 0 heterocycles. The average Bonchev–Trinajstić information content (AvgIpc) is 2.68. The van der Waals surface area contributed by atoms with Gasteiger partial charge in [0.15, 0.2) is 0 Å². The summed E-state index contributed by atoms with van der Waals surface area (Å²) in [6.45, 7) is 6.38. The Morgan fingerprint density at radius 3 is 2.45 bits per heavy atom. The fourth-order valence-electron chi connectivity index (χ4n) is 2.84. The van der Waals surface area contributed by atoms with E-state index in [-0.39, 0.29) is 22.5 Å². The highest BCUT2D eigenvalue weighted by molar-refractivity contribution is 5.90. The minimum atomic E-state index is -0.662. The van der Waals surface area contributed by atoms with Gasteiger partial charge in [-0.3, -0.25) is 25.7 Å². The number of nitrogens with zero attached hydrogens (tertiary/aromatic N) is 3. The number of benzene rings is 1. The van der Waals surface area contributed by atoms with Crippen molar-refractivity contribution in [3.63, 3.8) is 0 Å². The van der Waals surface area contributed by atoms with Crippen LogP contribution in [-0.4, -0.2) is 15.6 Å². The molecular weight excluding hydrogens is 288 g/mol. The Balaban J connectivity index is 2.27. The highest BCUT2D eigenvalue weighted by Crippen LogP contribution is 2.39. The van der Waals surface area contributed by atoms with Crippen molar-refractivity contribution in [1.29, 1.82) is 0 Å². The second-order valence-electron chi connectivity index (χ2n) is 6.38. The first-order chi connectivity index (χ1) is 10.2. The van der Waals surface area contributed by atoms with E-state index in [4.69, 9.17) is 0 Å². The zero-order chi connectivity index (χ0) is 16.5. The van der Waals surface area contributed by atoms with E-state index in [9.17, 15) is 20.2 Å². The molecule has 8 nitrogen and oxygen atoms in total. The maximum atomic E-state index is 11.1. The lowest BCUT2D eigenvalue weighted by molar-refractivity contribution is -0.393. The maximum Gasteiger partial charge on any atom is 0.301 e. The van der Waals surface area contributed by atoms with E-state index in [0.717, 1.165) is 24.6 Å². The van der Waals surface area contributed by atoms with E-state index in [1.54, 1.807) is 0 Å². The van der Waals surface area contributed by atoms with Gasteiger partial charge >= 0.3 is 5.69 Å². The van der Waals surface area contributed by atoms with Gasteiger partial charge in [0.25, 0.3) is 5.69 Å². The van der Waals surface area contributed by atoms with Crippen LogP contribution in [0.15, 0.2) is 23.3 Å². The summed E-state index contributed by atoms with van der Waals surface area (Å²) in [6, 6.07) is 3.47. The summed E-state index contributed by atoms with van der Waals surface area (Å²) in [5.74, 6) is 0.305. The van der Waals surface area contributed by atoms with Gasteiger partial charge in [-0.15, -0.1) is 0 Å². The first-order valence-electron chi connectivity index (χ1n) is 6.95. The minimum Gasteiger partial charge on any atom is -0.272 e. The summed E-state index contributed by atoms with van der Waals surface area (Å²) >= 11 is 0. The number of nitrogens with one attached hydrogen (secondary N) is 1. The summed E-state index contributed by atoms with van der Waals surface area (Å²) < 4.78 is 0. The Morgan fingerprint density at radius 2 is 1.95 bits per heavy atom. The molecule has 0 bridgehead atoms. The Morgan fingerprint density at radius 1 is 1.27 bits per heavy atom. The van der Waals surface area contributed by atoms with Gasteiger partial charge in [0.05, 0.1) is 15.9 Å². The molecule has 0 radical (unpaired) electrons. The molecule has 0 spiro atoms. The summed E-state index contributed by atoms with van der Waals surface area (Å²) in [6.07, 6.45) is 1.83. The number of nitro groups is 2. The first-order valence-corrected chi connectivity index (χ1v) is 6.95. The van der Waals surface area contributed by atoms with E-state index in [1.807, 2.05) is 0 Å². The van der Waals surface area contributed by atoms with Crippen LogP contribution in [0.3, 0.4) is 0 Å². The van der Waals surface area contributed by atoms with Gasteiger partial charge in [-0.1, -0.05) is 20.8 Å². The van der Waals surface area contributed by atoms with E-state index >= 15 is 0 Å². The summed E-state index contributed by atoms with van der Waals surface area (Å²) in [5, 5.41) is 26.0. The number of hydrazone groups is 1. The van der Waals surface area contributed by atoms with Gasteiger partial charge in [-0.05, 0) is 30.2 Å². The van der Waals surface area contributed by atoms with Crippen molar-refractivity contribution >= 4 is 22.8 Å². The molecule has 1 atom stereocenters. The Bertz CT molecular complexity index is 654. The van der Waals surface area contributed by atoms with Gasteiger partial charge in [0.2, 0.25) is 0 Å². The third-order valence-electron chi connectivity index (χ3n) is 3.80. The van der Waals surface area contributed by atoms with Crippen molar-refractivity contribution in [3.05, 3.63) is 38.4 Å². The van der Waals surface area contributed by atoms with Crippen LogP contribution in [0.2, 0.25) is 0 Å².